The average molecular weight is 547 g/mol. The van der Waals surface area contributed by atoms with Gasteiger partial charge in [0, 0.05) is 33.2 Å². The molecule has 0 saturated carbocycles. The molecule has 2 heterocycles. The van der Waals surface area contributed by atoms with E-state index in [0.717, 1.165) is 44.1 Å². The Balaban J connectivity index is 0.00000289. The van der Waals surface area contributed by atoms with Crippen LogP contribution in [0.15, 0.2) is 59.9 Å². The van der Waals surface area contributed by atoms with Crippen LogP contribution in [0.5, 0.6) is 0 Å². The molecule has 6 nitrogen and oxygen atoms in total. The van der Waals surface area contributed by atoms with Crippen molar-refractivity contribution in [2.24, 2.45) is 4.99 Å². The van der Waals surface area contributed by atoms with Crippen LogP contribution >= 0.6 is 24.0 Å². The molecule has 0 spiro atoms. The Hall–Kier alpha value is -2.13. The summed E-state index contributed by atoms with van der Waals surface area (Å²) < 4.78 is 2.21. The number of aliphatic imine (C=N–C) groups is 1. The van der Waals surface area contributed by atoms with Crippen molar-refractivity contribution in [3.63, 3.8) is 0 Å². The number of piperidine rings is 1. The first kappa shape index (κ1) is 24.5. The highest BCUT2D eigenvalue weighted by atomic mass is 127. The van der Waals surface area contributed by atoms with Crippen LogP contribution < -0.4 is 10.6 Å². The van der Waals surface area contributed by atoms with Crippen molar-refractivity contribution in [3.8, 4) is 0 Å². The van der Waals surface area contributed by atoms with Gasteiger partial charge in [0.15, 0.2) is 5.96 Å². The predicted octanol–water partition coefficient (Wildman–Crippen LogP) is 4.40. The molecule has 32 heavy (non-hydrogen) atoms. The Morgan fingerprint density at radius 1 is 0.969 bits per heavy atom. The van der Waals surface area contributed by atoms with Crippen LogP contribution in [0.1, 0.15) is 36.8 Å². The largest absolute Gasteiger partial charge is 0.356 e. The molecule has 172 valence electrons. The standard InChI is InChI=1S/C25H34N6.HI/c1-26-25(27-14-7-17-31-20-29-23-8-3-4-9-24(23)31)28-18-21-10-12-22(13-11-21)19-30-15-5-2-6-16-30;/h3-4,8-13,20H,2,5-7,14-19H2,1H3,(H2,26,27,28);1H. The van der Waals surface area contributed by atoms with Crippen molar-refractivity contribution in [2.75, 3.05) is 26.7 Å². The van der Waals surface area contributed by atoms with E-state index in [1.807, 2.05) is 19.4 Å². The molecule has 4 rings (SSSR count). The molecular weight excluding hydrogens is 511 g/mol. The highest BCUT2D eigenvalue weighted by Crippen LogP contribution is 2.14. The van der Waals surface area contributed by atoms with Crippen molar-refractivity contribution in [3.05, 3.63) is 66.0 Å². The van der Waals surface area contributed by atoms with E-state index < -0.39 is 0 Å². The molecule has 2 aromatic carbocycles. The first-order valence-corrected chi connectivity index (χ1v) is 11.5. The molecule has 1 fully saturated rings. The number of halogens is 1. The van der Waals surface area contributed by atoms with Gasteiger partial charge in [-0.15, -0.1) is 24.0 Å². The number of guanidine groups is 1. The highest BCUT2D eigenvalue weighted by Gasteiger charge is 2.10. The quantitative estimate of drug-likeness (QED) is 0.191. The summed E-state index contributed by atoms with van der Waals surface area (Å²) in [5.74, 6) is 0.841. The topological polar surface area (TPSA) is 57.5 Å². The molecule has 1 saturated heterocycles. The zero-order valence-electron chi connectivity index (χ0n) is 19.0. The van der Waals surface area contributed by atoms with E-state index in [1.54, 1.807) is 0 Å². The molecule has 2 N–H and O–H groups in total. The zero-order chi connectivity index (χ0) is 21.3. The number of likely N-dealkylation sites (tertiary alicyclic amines) is 1. The lowest BCUT2D eigenvalue weighted by Gasteiger charge is -2.26. The fraction of sp³-hybridized carbons (Fsp3) is 0.440. The summed E-state index contributed by atoms with van der Waals surface area (Å²) in [5, 5.41) is 6.83. The number of fused-ring (bicyclic) bond motifs is 1. The van der Waals surface area contributed by atoms with Gasteiger partial charge in [0.1, 0.15) is 0 Å². The number of aromatic nitrogens is 2. The number of rotatable bonds is 8. The van der Waals surface area contributed by atoms with E-state index in [9.17, 15) is 0 Å². The molecule has 7 heteroatoms. The summed E-state index contributed by atoms with van der Waals surface area (Å²) in [5.41, 5.74) is 4.92. The van der Waals surface area contributed by atoms with Gasteiger partial charge in [0.25, 0.3) is 0 Å². The lowest BCUT2D eigenvalue weighted by atomic mass is 10.1. The van der Waals surface area contributed by atoms with Crippen molar-refractivity contribution in [2.45, 2.75) is 45.3 Å². The van der Waals surface area contributed by atoms with Crippen molar-refractivity contribution in [1.82, 2.24) is 25.1 Å². The van der Waals surface area contributed by atoms with Crippen molar-refractivity contribution < 1.29 is 0 Å². The minimum absolute atomic E-state index is 0. The van der Waals surface area contributed by atoms with E-state index in [2.05, 4.69) is 72.5 Å². The Bertz CT molecular complexity index is 976. The third kappa shape index (κ3) is 6.93. The van der Waals surface area contributed by atoms with Crippen LogP contribution in [0.25, 0.3) is 11.0 Å². The van der Waals surface area contributed by atoms with Gasteiger partial charge in [0.05, 0.1) is 17.4 Å². The molecule has 0 radical (unpaired) electrons. The number of aryl methyl sites for hydroxylation is 1. The second kappa shape index (κ2) is 12.8. The maximum absolute atomic E-state index is 4.45. The molecule has 0 atom stereocenters. The van der Waals surface area contributed by atoms with E-state index >= 15 is 0 Å². The molecule has 1 aliphatic rings. The normalized spacial score (nSPS) is 14.8. The lowest BCUT2D eigenvalue weighted by Crippen LogP contribution is -2.37. The maximum atomic E-state index is 4.45. The van der Waals surface area contributed by atoms with Crippen LogP contribution in [0.2, 0.25) is 0 Å². The number of benzene rings is 2. The van der Waals surface area contributed by atoms with E-state index in [-0.39, 0.29) is 24.0 Å². The summed E-state index contributed by atoms with van der Waals surface area (Å²) >= 11 is 0. The Morgan fingerprint density at radius 3 is 2.50 bits per heavy atom. The molecule has 0 bridgehead atoms. The Kier molecular flexibility index (Phi) is 9.80. The van der Waals surface area contributed by atoms with E-state index in [1.165, 1.54) is 49.0 Å². The molecule has 0 amide bonds. The second-order valence-corrected chi connectivity index (χ2v) is 8.29. The first-order chi connectivity index (χ1) is 15.3. The van der Waals surface area contributed by atoms with Crippen LogP contribution in [-0.4, -0.2) is 47.1 Å². The smallest absolute Gasteiger partial charge is 0.191 e. The fourth-order valence-corrected chi connectivity index (χ4v) is 4.19. The summed E-state index contributed by atoms with van der Waals surface area (Å²) in [6.45, 7) is 6.12. The average Bonchev–Trinajstić information content (AvgIpc) is 3.23. The number of para-hydroxylation sites is 2. The van der Waals surface area contributed by atoms with Crippen LogP contribution in [0.3, 0.4) is 0 Å². The molecule has 0 aliphatic carbocycles. The Labute approximate surface area is 208 Å². The lowest BCUT2D eigenvalue weighted by molar-refractivity contribution is 0.221. The maximum Gasteiger partial charge on any atom is 0.191 e. The van der Waals surface area contributed by atoms with Gasteiger partial charge >= 0.3 is 0 Å². The fourth-order valence-electron chi connectivity index (χ4n) is 4.19. The predicted molar refractivity (Wildman–Crippen MR) is 144 cm³/mol. The summed E-state index contributed by atoms with van der Waals surface area (Å²) in [6.07, 6.45) is 7.00. The third-order valence-corrected chi connectivity index (χ3v) is 5.96. The second-order valence-electron chi connectivity index (χ2n) is 8.29. The van der Waals surface area contributed by atoms with E-state index in [0.29, 0.717) is 0 Å². The zero-order valence-corrected chi connectivity index (χ0v) is 21.3. The third-order valence-electron chi connectivity index (χ3n) is 5.96. The summed E-state index contributed by atoms with van der Waals surface area (Å²) in [7, 11) is 1.82. The van der Waals surface area contributed by atoms with Gasteiger partial charge in [-0.3, -0.25) is 9.89 Å². The molecule has 0 unspecified atom stereocenters. The first-order valence-electron chi connectivity index (χ1n) is 11.5. The molecular formula is C25H35IN6. The monoisotopic (exact) mass is 546 g/mol. The van der Waals surface area contributed by atoms with Gasteiger partial charge in [-0.1, -0.05) is 42.8 Å². The van der Waals surface area contributed by atoms with Crippen LogP contribution in [0.4, 0.5) is 0 Å². The van der Waals surface area contributed by atoms with Crippen LogP contribution in [0, 0.1) is 0 Å². The van der Waals surface area contributed by atoms with Gasteiger partial charge in [0.2, 0.25) is 0 Å². The van der Waals surface area contributed by atoms with Crippen LogP contribution in [-0.2, 0) is 19.6 Å². The minimum Gasteiger partial charge on any atom is -0.356 e. The Morgan fingerprint density at radius 2 is 1.72 bits per heavy atom. The molecule has 1 aromatic heterocycles. The van der Waals surface area contributed by atoms with Gasteiger partial charge in [-0.25, -0.2) is 4.98 Å². The van der Waals surface area contributed by atoms with E-state index in [4.69, 9.17) is 0 Å². The van der Waals surface area contributed by atoms with Gasteiger partial charge in [-0.05, 0) is 55.6 Å². The molecule has 3 aromatic rings. The number of imidazole rings is 1. The summed E-state index contributed by atoms with van der Waals surface area (Å²) in [4.78, 5) is 11.4. The van der Waals surface area contributed by atoms with Gasteiger partial charge in [-0.2, -0.15) is 0 Å². The van der Waals surface area contributed by atoms with Gasteiger partial charge < -0.3 is 15.2 Å². The SMILES string of the molecule is CN=C(NCCCn1cnc2ccccc21)NCc1ccc(CN2CCCCC2)cc1.I. The number of nitrogens with one attached hydrogen (secondary N) is 2. The molecule has 1 aliphatic heterocycles. The highest BCUT2D eigenvalue weighted by molar-refractivity contribution is 14.0. The summed E-state index contributed by atoms with van der Waals surface area (Å²) in [6, 6.07) is 17.2. The minimum atomic E-state index is 0. The number of nitrogens with zero attached hydrogens (tertiary/aromatic N) is 4. The van der Waals surface area contributed by atoms with Crippen molar-refractivity contribution in [1.29, 1.82) is 0 Å². The van der Waals surface area contributed by atoms with Crippen molar-refractivity contribution >= 4 is 41.0 Å². The number of hydrogen-bond donors (Lipinski definition) is 2. The number of hydrogen-bond acceptors (Lipinski definition) is 3.